The van der Waals surface area contributed by atoms with Crippen molar-refractivity contribution in [3.05, 3.63) is 53.5 Å². The largest absolute Gasteiger partial charge is 0.468 e. The zero-order valence-electron chi connectivity index (χ0n) is 13.8. The molecule has 1 amide bonds. The highest BCUT2D eigenvalue weighted by Crippen LogP contribution is 2.32. The maximum Gasteiger partial charge on any atom is 0.223 e. The van der Waals surface area contributed by atoms with Gasteiger partial charge in [-0.25, -0.2) is 8.42 Å². The van der Waals surface area contributed by atoms with Crippen LogP contribution < -0.4 is 5.32 Å². The highest BCUT2D eigenvalue weighted by molar-refractivity contribution is 7.91. The zero-order chi connectivity index (χ0) is 17.3. The van der Waals surface area contributed by atoms with Crippen molar-refractivity contribution in [2.75, 3.05) is 6.54 Å². The van der Waals surface area contributed by atoms with Gasteiger partial charge in [0.05, 0.1) is 11.2 Å². The van der Waals surface area contributed by atoms with Gasteiger partial charge >= 0.3 is 0 Å². The standard InChI is InChI=1S/C18H21NO4S/c1-12-5-8-15(10-13(12)2)24(21,22)17(16-4-3-9-23-16)11-19-18(20)14-6-7-14/h3-5,8-10,14,17H,6-7,11H2,1-2H3,(H,19,20)/t17-/m0/s1. The third-order valence-electron chi connectivity index (χ3n) is 4.45. The minimum atomic E-state index is -3.67. The predicted molar refractivity (Wildman–Crippen MR) is 90.3 cm³/mol. The lowest BCUT2D eigenvalue weighted by atomic mass is 10.1. The number of furan rings is 1. The summed E-state index contributed by atoms with van der Waals surface area (Å²) in [5.74, 6) is 0.290. The molecule has 1 N–H and O–H groups in total. The fourth-order valence-corrected chi connectivity index (χ4v) is 4.25. The molecule has 24 heavy (non-hydrogen) atoms. The third kappa shape index (κ3) is 3.38. The summed E-state index contributed by atoms with van der Waals surface area (Å²) in [6, 6.07) is 8.36. The van der Waals surface area contributed by atoms with E-state index < -0.39 is 15.1 Å². The average molecular weight is 347 g/mol. The Morgan fingerprint density at radius 3 is 2.58 bits per heavy atom. The van der Waals surface area contributed by atoms with E-state index in [1.54, 1.807) is 30.3 Å². The topological polar surface area (TPSA) is 76.4 Å². The van der Waals surface area contributed by atoms with E-state index in [-0.39, 0.29) is 23.3 Å². The first-order chi connectivity index (χ1) is 11.4. The van der Waals surface area contributed by atoms with Gasteiger partial charge in [-0.1, -0.05) is 6.07 Å². The molecular weight excluding hydrogens is 326 g/mol. The first-order valence-electron chi connectivity index (χ1n) is 8.02. The maximum atomic E-state index is 13.1. The summed E-state index contributed by atoms with van der Waals surface area (Å²) in [6.07, 6.45) is 3.20. The van der Waals surface area contributed by atoms with E-state index in [0.717, 1.165) is 24.0 Å². The minimum Gasteiger partial charge on any atom is -0.468 e. The molecule has 1 aromatic heterocycles. The Kier molecular flexibility index (Phi) is 4.49. The lowest BCUT2D eigenvalue weighted by Crippen LogP contribution is -2.32. The van der Waals surface area contributed by atoms with Gasteiger partial charge in [-0.3, -0.25) is 4.79 Å². The molecule has 1 fully saturated rings. The van der Waals surface area contributed by atoms with Crippen molar-refractivity contribution >= 4 is 15.7 Å². The monoisotopic (exact) mass is 347 g/mol. The molecule has 1 aromatic carbocycles. The van der Waals surface area contributed by atoms with Gasteiger partial charge in [0, 0.05) is 12.5 Å². The van der Waals surface area contributed by atoms with Gasteiger partial charge in [0.15, 0.2) is 9.84 Å². The van der Waals surface area contributed by atoms with Crippen molar-refractivity contribution in [3.8, 4) is 0 Å². The molecule has 5 nitrogen and oxygen atoms in total. The second-order valence-electron chi connectivity index (χ2n) is 6.31. The molecule has 0 radical (unpaired) electrons. The molecule has 0 bridgehead atoms. The summed E-state index contributed by atoms with van der Waals surface area (Å²) in [7, 11) is -3.67. The lowest BCUT2D eigenvalue weighted by molar-refractivity contribution is -0.122. The van der Waals surface area contributed by atoms with Crippen LogP contribution >= 0.6 is 0 Å². The van der Waals surface area contributed by atoms with Crippen molar-refractivity contribution in [2.45, 2.75) is 36.8 Å². The van der Waals surface area contributed by atoms with E-state index >= 15 is 0 Å². The van der Waals surface area contributed by atoms with Crippen LogP contribution in [0.1, 0.15) is 35.0 Å². The molecule has 0 aliphatic heterocycles. The smallest absolute Gasteiger partial charge is 0.223 e. The van der Waals surface area contributed by atoms with Crippen molar-refractivity contribution in [3.63, 3.8) is 0 Å². The van der Waals surface area contributed by atoms with Gasteiger partial charge in [0.25, 0.3) is 0 Å². The normalized spacial score (nSPS) is 15.9. The molecule has 3 rings (SSSR count). The summed E-state index contributed by atoms with van der Waals surface area (Å²) < 4.78 is 31.5. The van der Waals surface area contributed by atoms with Crippen LogP contribution in [0.25, 0.3) is 0 Å². The Bertz CT molecular complexity index is 836. The SMILES string of the molecule is Cc1ccc(S(=O)(=O)[C@@H](CNC(=O)C2CC2)c2ccco2)cc1C. The highest BCUT2D eigenvalue weighted by atomic mass is 32.2. The number of hydrogen-bond donors (Lipinski definition) is 1. The van der Waals surface area contributed by atoms with Crippen LogP contribution in [0.15, 0.2) is 45.9 Å². The van der Waals surface area contributed by atoms with Crippen LogP contribution in [0.2, 0.25) is 0 Å². The Hall–Kier alpha value is -2.08. The Morgan fingerprint density at radius 1 is 1.25 bits per heavy atom. The van der Waals surface area contributed by atoms with Gasteiger partial charge in [0.1, 0.15) is 11.0 Å². The van der Waals surface area contributed by atoms with Crippen molar-refractivity contribution in [1.29, 1.82) is 0 Å². The number of sulfone groups is 1. The molecule has 0 unspecified atom stereocenters. The van der Waals surface area contributed by atoms with E-state index in [1.807, 2.05) is 13.8 Å². The number of aryl methyl sites for hydroxylation is 2. The van der Waals surface area contributed by atoms with Crippen LogP contribution in [0.4, 0.5) is 0 Å². The summed E-state index contributed by atoms with van der Waals surface area (Å²) in [4.78, 5) is 12.1. The molecule has 0 spiro atoms. The molecular formula is C18H21NO4S. The number of amides is 1. The first-order valence-corrected chi connectivity index (χ1v) is 9.56. The van der Waals surface area contributed by atoms with Crippen LogP contribution in [-0.4, -0.2) is 20.9 Å². The van der Waals surface area contributed by atoms with Crippen LogP contribution in [-0.2, 0) is 14.6 Å². The first kappa shape index (κ1) is 16.8. The minimum absolute atomic E-state index is 0.0120. The number of rotatable bonds is 6. The van der Waals surface area contributed by atoms with Gasteiger partial charge < -0.3 is 9.73 Å². The highest BCUT2D eigenvalue weighted by Gasteiger charge is 2.34. The number of hydrogen-bond acceptors (Lipinski definition) is 4. The van der Waals surface area contributed by atoms with Crippen molar-refractivity contribution in [2.24, 2.45) is 5.92 Å². The quantitative estimate of drug-likeness (QED) is 0.872. The number of nitrogens with one attached hydrogen (secondary N) is 1. The number of carbonyl (C=O) groups excluding carboxylic acids is 1. The second-order valence-corrected chi connectivity index (χ2v) is 8.45. The summed E-state index contributed by atoms with van der Waals surface area (Å²) >= 11 is 0. The average Bonchev–Trinajstić information content (AvgIpc) is 3.26. The van der Waals surface area contributed by atoms with E-state index in [2.05, 4.69) is 5.32 Å². The molecule has 1 aliphatic carbocycles. The van der Waals surface area contributed by atoms with E-state index in [0.29, 0.717) is 5.76 Å². The molecule has 1 heterocycles. The molecule has 6 heteroatoms. The molecule has 1 saturated carbocycles. The van der Waals surface area contributed by atoms with Gasteiger partial charge in [-0.15, -0.1) is 0 Å². The van der Waals surface area contributed by atoms with Crippen molar-refractivity contribution in [1.82, 2.24) is 5.32 Å². The van der Waals surface area contributed by atoms with Crippen LogP contribution in [0, 0.1) is 19.8 Å². The maximum absolute atomic E-state index is 13.1. The fourth-order valence-electron chi connectivity index (χ4n) is 2.58. The molecule has 128 valence electrons. The fraction of sp³-hybridized carbons (Fsp3) is 0.389. The lowest BCUT2D eigenvalue weighted by Gasteiger charge is -2.17. The molecule has 2 aromatic rings. The van der Waals surface area contributed by atoms with E-state index in [1.165, 1.54) is 6.26 Å². The van der Waals surface area contributed by atoms with Crippen LogP contribution in [0.3, 0.4) is 0 Å². The second kappa shape index (κ2) is 6.43. The summed E-state index contributed by atoms with van der Waals surface area (Å²) in [5, 5.41) is 1.82. The number of carbonyl (C=O) groups is 1. The van der Waals surface area contributed by atoms with Gasteiger partial charge in [-0.05, 0) is 62.1 Å². The van der Waals surface area contributed by atoms with Crippen LogP contribution in [0.5, 0.6) is 0 Å². The number of benzene rings is 1. The summed E-state index contributed by atoms with van der Waals surface area (Å²) in [5.41, 5.74) is 1.95. The Balaban J connectivity index is 1.90. The Morgan fingerprint density at radius 2 is 2.00 bits per heavy atom. The molecule has 1 aliphatic rings. The Labute approximate surface area is 142 Å². The predicted octanol–water partition coefficient (Wildman–Crippen LogP) is 2.94. The molecule has 1 atom stereocenters. The van der Waals surface area contributed by atoms with E-state index in [9.17, 15) is 13.2 Å². The zero-order valence-corrected chi connectivity index (χ0v) is 14.6. The third-order valence-corrected chi connectivity index (χ3v) is 6.51. The summed E-state index contributed by atoms with van der Waals surface area (Å²) in [6.45, 7) is 3.83. The van der Waals surface area contributed by atoms with Crippen molar-refractivity contribution < 1.29 is 17.6 Å². The van der Waals surface area contributed by atoms with Gasteiger partial charge in [-0.2, -0.15) is 0 Å². The molecule has 0 saturated heterocycles. The van der Waals surface area contributed by atoms with E-state index in [4.69, 9.17) is 4.42 Å². The van der Waals surface area contributed by atoms with Gasteiger partial charge in [0.2, 0.25) is 5.91 Å².